The van der Waals surface area contributed by atoms with Crippen LogP contribution in [-0.4, -0.2) is 52.8 Å². The summed E-state index contributed by atoms with van der Waals surface area (Å²) >= 11 is 0. The number of carbonyl (C=O) groups is 1. The topological polar surface area (TPSA) is 125 Å². The molecule has 2 aliphatic heterocycles. The van der Waals surface area contributed by atoms with Crippen molar-refractivity contribution in [2.45, 2.75) is 11.4 Å². The van der Waals surface area contributed by atoms with Crippen LogP contribution in [0.25, 0.3) is 0 Å². The number of carbonyl (C=O) groups excluding carboxylic acids is 1. The average molecular weight is 410 g/mol. The zero-order chi connectivity index (χ0) is 19.7. The number of hydrogen-bond acceptors (Lipinski definition) is 6. The molecular formula is C16H18N4O5S2. The number of allylic oxidation sites excluding steroid dienone is 2. The van der Waals surface area contributed by atoms with Gasteiger partial charge in [0.2, 0.25) is 10.0 Å². The summed E-state index contributed by atoms with van der Waals surface area (Å²) < 4.78 is 53.2. The molecule has 0 saturated carbocycles. The van der Waals surface area contributed by atoms with Crippen molar-refractivity contribution in [2.75, 3.05) is 19.3 Å². The Labute approximate surface area is 157 Å². The van der Waals surface area contributed by atoms with Crippen LogP contribution in [0.2, 0.25) is 0 Å². The zero-order valence-electron chi connectivity index (χ0n) is 14.4. The fourth-order valence-corrected chi connectivity index (χ4v) is 4.40. The lowest BCUT2D eigenvalue weighted by atomic mass is 10.1. The fraction of sp³-hybridized carbons (Fsp3) is 0.250. The Morgan fingerprint density at radius 2 is 2.11 bits per heavy atom. The molecule has 1 amide bonds. The van der Waals surface area contributed by atoms with E-state index in [0.29, 0.717) is 5.56 Å². The Bertz CT molecular complexity index is 1070. The molecule has 0 saturated heterocycles. The van der Waals surface area contributed by atoms with E-state index >= 15 is 0 Å². The van der Waals surface area contributed by atoms with Crippen LogP contribution in [0.15, 0.2) is 57.5 Å². The summed E-state index contributed by atoms with van der Waals surface area (Å²) in [5, 5.41) is 2.67. The predicted octanol–water partition coefficient (Wildman–Crippen LogP) is -0.291. The molecule has 0 bridgehead atoms. The molecule has 3 rings (SSSR count). The molecule has 2 N–H and O–H groups in total. The van der Waals surface area contributed by atoms with Gasteiger partial charge in [-0.15, -0.1) is 4.40 Å². The lowest BCUT2D eigenvalue weighted by Gasteiger charge is -2.28. The Morgan fingerprint density at radius 3 is 2.85 bits per heavy atom. The van der Waals surface area contributed by atoms with E-state index < -0.39 is 26.0 Å². The van der Waals surface area contributed by atoms with Gasteiger partial charge in [-0.3, -0.25) is 4.79 Å². The summed E-state index contributed by atoms with van der Waals surface area (Å²) in [7, 11) is -5.86. The first-order chi connectivity index (χ1) is 12.7. The van der Waals surface area contributed by atoms with Crippen molar-refractivity contribution in [1.29, 1.82) is 0 Å². The van der Waals surface area contributed by atoms with Crippen molar-refractivity contribution in [3.05, 3.63) is 53.8 Å². The first-order valence-electron chi connectivity index (χ1n) is 8.01. The van der Waals surface area contributed by atoms with E-state index in [1.807, 2.05) is 0 Å². The lowest BCUT2D eigenvalue weighted by Crippen LogP contribution is -2.42. The summed E-state index contributed by atoms with van der Waals surface area (Å²) in [5.41, 5.74) is 0.724. The van der Waals surface area contributed by atoms with Crippen molar-refractivity contribution >= 4 is 31.8 Å². The van der Waals surface area contributed by atoms with Gasteiger partial charge in [0, 0.05) is 19.3 Å². The van der Waals surface area contributed by atoms with Crippen LogP contribution in [0.1, 0.15) is 5.56 Å². The predicted molar refractivity (Wildman–Crippen MR) is 99.7 cm³/mol. The Kier molecular flexibility index (Phi) is 5.18. The van der Waals surface area contributed by atoms with E-state index in [-0.39, 0.29) is 35.1 Å². The molecule has 0 fully saturated rings. The fourth-order valence-electron chi connectivity index (χ4n) is 2.61. The van der Waals surface area contributed by atoms with Gasteiger partial charge < -0.3 is 10.2 Å². The van der Waals surface area contributed by atoms with E-state index in [2.05, 4.69) is 14.4 Å². The van der Waals surface area contributed by atoms with Gasteiger partial charge in [0.25, 0.3) is 15.9 Å². The molecule has 1 aromatic rings. The minimum Gasteiger partial charge on any atom is -0.348 e. The third-order valence-electron chi connectivity index (χ3n) is 4.03. The van der Waals surface area contributed by atoms with Crippen LogP contribution < -0.4 is 10.0 Å². The number of nitrogens with one attached hydrogen (secondary N) is 2. The van der Waals surface area contributed by atoms with Crippen molar-refractivity contribution in [2.24, 2.45) is 4.40 Å². The van der Waals surface area contributed by atoms with Gasteiger partial charge in [-0.05, 0) is 36.9 Å². The molecule has 0 aliphatic carbocycles. The number of sulfonamides is 2. The van der Waals surface area contributed by atoms with Gasteiger partial charge in [0.05, 0.1) is 16.2 Å². The van der Waals surface area contributed by atoms with Gasteiger partial charge in [-0.25, -0.2) is 21.6 Å². The standard InChI is InChI=1S/C16H18N4O5S2/c1-17-27(24,25)13-5-2-4-12(10-13)11-18-16(21)14-6-3-7-20-8-9-26(22,23)19-15(14)20/h2-7,10,17H,8-9,11H2,1H3,(H,18,21). The Morgan fingerprint density at radius 1 is 1.33 bits per heavy atom. The largest absolute Gasteiger partial charge is 0.348 e. The lowest BCUT2D eigenvalue weighted by molar-refractivity contribution is -0.117. The molecule has 0 aromatic heterocycles. The highest BCUT2D eigenvalue weighted by atomic mass is 32.2. The molecular weight excluding hydrogens is 392 g/mol. The number of amidine groups is 1. The van der Waals surface area contributed by atoms with Crippen molar-refractivity contribution in [3.63, 3.8) is 0 Å². The van der Waals surface area contributed by atoms with E-state index in [1.165, 1.54) is 25.3 Å². The second kappa shape index (κ2) is 7.25. The van der Waals surface area contributed by atoms with E-state index in [4.69, 9.17) is 0 Å². The molecule has 0 spiro atoms. The molecule has 2 aliphatic rings. The number of benzene rings is 1. The minimum atomic E-state index is -3.59. The molecule has 2 heterocycles. The first-order valence-corrected chi connectivity index (χ1v) is 11.1. The third kappa shape index (κ3) is 4.26. The molecule has 9 nitrogen and oxygen atoms in total. The van der Waals surface area contributed by atoms with Crippen molar-refractivity contribution in [1.82, 2.24) is 14.9 Å². The van der Waals surface area contributed by atoms with Crippen molar-refractivity contribution < 1.29 is 21.6 Å². The zero-order valence-corrected chi connectivity index (χ0v) is 16.0. The van der Waals surface area contributed by atoms with E-state index in [9.17, 15) is 21.6 Å². The summed E-state index contributed by atoms with van der Waals surface area (Å²) in [5.74, 6) is -0.516. The normalized spacial score (nSPS) is 18.3. The maximum absolute atomic E-state index is 12.5. The summed E-state index contributed by atoms with van der Waals surface area (Å²) in [6, 6.07) is 6.16. The number of rotatable bonds is 5. The van der Waals surface area contributed by atoms with Gasteiger partial charge in [-0.1, -0.05) is 12.1 Å². The highest BCUT2D eigenvalue weighted by Crippen LogP contribution is 2.18. The highest BCUT2D eigenvalue weighted by molar-refractivity contribution is 7.90. The monoisotopic (exact) mass is 410 g/mol. The maximum atomic E-state index is 12.5. The molecule has 1 aromatic carbocycles. The molecule has 0 radical (unpaired) electrons. The van der Waals surface area contributed by atoms with Gasteiger partial charge in [0.1, 0.15) is 0 Å². The maximum Gasteiger partial charge on any atom is 0.256 e. The average Bonchev–Trinajstić information content (AvgIpc) is 2.65. The van der Waals surface area contributed by atoms with Gasteiger partial charge in [-0.2, -0.15) is 0 Å². The third-order valence-corrected chi connectivity index (χ3v) is 6.59. The van der Waals surface area contributed by atoms with Crippen LogP contribution in [-0.2, 0) is 31.4 Å². The summed E-state index contributed by atoms with van der Waals surface area (Å²) in [6.45, 7) is 0.305. The first kappa shape index (κ1) is 19.3. The van der Waals surface area contributed by atoms with Gasteiger partial charge in [0.15, 0.2) is 5.84 Å². The quantitative estimate of drug-likeness (QED) is 0.687. The van der Waals surface area contributed by atoms with E-state index in [1.54, 1.807) is 29.3 Å². The van der Waals surface area contributed by atoms with Crippen LogP contribution in [0.3, 0.4) is 0 Å². The second-order valence-electron chi connectivity index (χ2n) is 5.85. The highest BCUT2D eigenvalue weighted by Gasteiger charge is 2.29. The number of fused-ring (bicyclic) bond motifs is 1. The van der Waals surface area contributed by atoms with Crippen LogP contribution in [0.4, 0.5) is 0 Å². The Hall–Kier alpha value is -2.50. The number of amides is 1. The second-order valence-corrected chi connectivity index (χ2v) is 9.50. The van der Waals surface area contributed by atoms with Gasteiger partial charge >= 0.3 is 0 Å². The summed E-state index contributed by atoms with van der Waals surface area (Å²) in [4.78, 5) is 14.2. The van der Waals surface area contributed by atoms with E-state index in [0.717, 1.165) is 0 Å². The van der Waals surface area contributed by atoms with Crippen LogP contribution in [0, 0.1) is 0 Å². The molecule has 0 atom stereocenters. The molecule has 27 heavy (non-hydrogen) atoms. The number of nitrogens with zero attached hydrogens (tertiary/aromatic N) is 2. The Balaban J connectivity index is 1.77. The molecule has 11 heteroatoms. The summed E-state index contributed by atoms with van der Waals surface area (Å²) in [6.07, 6.45) is 4.80. The molecule has 0 unspecified atom stereocenters. The SMILES string of the molecule is CNS(=O)(=O)c1cccc(CNC(=O)C2=CC=CN3CCS(=O)(=O)N=C23)c1. The molecule has 144 valence electrons. The number of hydrogen-bond donors (Lipinski definition) is 2. The van der Waals surface area contributed by atoms with Crippen LogP contribution in [0.5, 0.6) is 0 Å². The van der Waals surface area contributed by atoms with Crippen LogP contribution >= 0.6 is 0 Å². The smallest absolute Gasteiger partial charge is 0.256 e. The van der Waals surface area contributed by atoms with Crippen molar-refractivity contribution in [3.8, 4) is 0 Å². The minimum absolute atomic E-state index is 0.0764.